The van der Waals surface area contributed by atoms with Gasteiger partial charge in [-0.15, -0.1) is 0 Å². The minimum Gasteiger partial charge on any atom is -0.423 e. The zero-order valence-corrected chi connectivity index (χ0v) is 8.86. The van der Waals surface area contributed by atoms with Gasteiger partial charge >= 0.3 is 7.12 Å². The van der Waals surface area contributed by atoms with Crippen molar-refractivity contribution in [2.24, 2.45) is 0 Å². The molecule has 0 saturated carbocycles. The summed E-state index contributed by atoms with van der Waals surface area (Å²) in [5.74, 6) is 0. The number of rotatable bonds is 2. The molecule has 0 spiro atoms. The Morgan fingerprint density at radius 2 is 1.69 bits per heavy atom. The molecule has 0 aromatic carbocycles. The lowest BCUT2D eigenvalue weighted by atomic mass is 9.83. The lowest BCUT2D eigenvalue weighted by Gasteiger charge is -2.04. The molecule has 0 aliphatic heterocycles. The summed E-state index contributed by atoms with van der Waals surface area (Å²) in [6.07, 6.45) is 1.76. The molecular weight excluding hydrogens is 234 g/mol. The zero-order chi connectivity index (χ0) is 10.0. The van der Waals surface area contributed by atoms with E-state index in [-0.39, 0.29) is 15.8 Å². The Hall–Kier alpha value is -0.00506. The van der Waals surface area contributed by atoms with Crippen LogP contribution in [0.1, 0.15) is 0 Å². The topological polar surface area (TPSA) is 66.2 Å². The van der Waals surface area contributed by atoms with Crippen LogP contribution in [-0.2, 0) is 0 Å². The molecule has 1 heterocycles. The summed E-state index contributed by atoms with van der Waals surface area (Å²) in [7, 11) is -1.75. The predicted molar refractivity (Wildman–Crippen MR) is 53.7 cm³/mol. The van der Waals surface area contributed by atoms with Crippen molar-refractivity contribution in [2.45, 2.75) is 5.16 Å². The number of halogens is 2. The third kappa shape index (κ3) is 2.48. The van der Waals surface area contributed by atoms with Gasteiger partial charge < -0.3 is 10.0 Å². The number of thioether (sulfide) groups is 1. The lowest BCUT2D eigenvalue weighted by molar-refractivity contribution is 0.425. The summed E-state index contributed by atoms with van der Waals surface area (Å²) in [5.41, 5.74) is -0.0684. The lowest BCUT2D eigenvalue weighted by Crippen LogP contribution is -2.33. The van der Waals surface area contributed by atoms with Crippen molar-refractivity contribution in [2.75, 3.05) is 6.26 Å². The molecule has 13 heavy (non-hydrogen) atoms. The molecule has 1 aromatic rings. The van der Waals surface area contributed by atoms with Gasteiger partial charge in [0.15, 0.2) is 5.16 Å². The van der Waals surface area contributed by atoms with Gasteiger partial charge in [0.05, 0.1) is 5.46 Å². The van der Waals surface area contributed by atoms with Gasteiger partial charge in [-0.2, -0.15) is 0 Å². The van der Waals surface area contributed by atoms with Crippen LogP contribution in [0.2, 0.25) is 10.3 Å². The molecule has 0 bridgehead atoms. The minimum atomic E-state index is -1.75. The van der Waals surface area contributed by atoms with E-state index < -0.39 is 7.12 Å². The van der Waals surface area contributed by atoms with Gasteiger partial charge in [0, 0.05) is 0 Å². The van der Waals surface area contributed by atoms with E-state index in [9.17, 15) is 0 Å². The van der Waals surface area contributed by atoms with Gasteiger partial charge in [-0.3, -0.25) is 0 Å². The second-order valence-electron chi connectivity index (χ2n) is 2.08. The molecule has 0 aliphatic rings. The monoisotopic (exact) mass is 238 g/mol. The summed E-state index contributed by atoms with van der Waals surface area (Å²) in [4.78, 5) is 7.57. The molecule has 0 radical (unpaired) electrons. The summed E-state index contributed by atoms with van der Waals surface area (Å²) >= 11 is 12.5. The Bertz CT molecular complexity index is 302. The molecule has 1 aromatic heterocycles. The molecule has 0 fully saturated rings. The smallest absolute Gasteiger partial charge is 0.423 e. The van der Waals surface area contributed by atoms with E-state index in [1.54, 1.807) is 6.26 Å². The van der Waals surface area contributed by atoms with E-state index in [4.69, 9.17) is 33.2 Å². The number of hydrogen-bond acceptors (Lipinski definition) is 5. The van der Waals surface area contributed by atoms with Crippen LogP contribution in [0.4, 0.5) is 0 Å². The standard InChI is InChI=1S/C5H5BCl2N2O2S/c1-13-5-9-3(7)2(6(11)12)4(8)10-5/h11-12H,1H3. The van der Waals surface area contributed by atoms with Gasteiger partial charge in [-0.05, 0) is 6.26 Å². The first-order valence-corrected chi connectivity index (χ1v) is 5.17. The van der Waals surface area contributed by atoms with Crippen LogP contribution in [0.15, 0.2) is 5.16 Å². The van der Waals surface area contributed by atoms with Gasteiger partial charge in [0.2, 0.25) is 0 Å². The highest BCUT2D eigenvalue weighted by Crippen LogP contribution is 2.15. The van der Waals surface area contributed by atoms with Crippen LogP contribution in [0.3, 0.4) is 0 Å². The Labute approximate surface area is 89.4 Å². The molecule has 2 N–H and O–H groups in total. The first kappa shape index (κ1) is 11.1. The highest BCUT2D eigenvalue weighted by molar-refractivity contribution is 7.98. The highest BCUT2D eigenvalue weighted by atomic mass is 35.5. The fraction of sp³-hybridized carbons (Fsp3) is 0.200. The SMILES string of the molecule is CSc1nc(Cl)c(B(O)O)c(Cl)n1. The van der Waals surface area contributed by atoms with Crippen LogP contribution in [0.25, 0.3) is 0 Å². The highest BCUT2D eigenvalue weighted by Gasteiger charge is 2.22. The molecule has 70 valence electrons. The van der Waals surface area contributed by atoms with Crippen molar-refractivity contribution in [3.63, 3.8) is 0 Å². The molecule has 0 saturated heterocycles. The van der Waals surface area contributed by atoms with E-state index in [0.29, 0.717) is 5.16 Å². The first-order chi connectivity index (χ1) is 6.06. The minimum absolute atomic E-state index is 0.0423. The van der Waals surface area contributed by atoms with Crippen LogP contribution in [-0.4, -0.2) is 33.4 Å². The normalized spacial score (nSPS) is 10.2. The maximum atomic E-state index is 8.85. The fourth-order valence-electron chi connectivity index (χ4n) is 0.703. The largest absolute Gasteiger partial charge is 0.494 e. The second kappa shape index (κ2) is 4.48. The average molecular weight is 239 g/mol. The predicted octanol–water partition coefficient (Wildman–Crippen LogP) is 0.185. The van der Waals surface area contributed by atoms with Gasteiger partial charge in [-0.1, -0.05) is 35.0 Å². The quantitative estimate of drug-likeness (QED) is 0.333. The Kier molecular flexibility index (Phi) is 3.81. The average Bonchev–Trinajstić information content (AvgIpc) is 2.02. The van der Waals surface area contributed by atoms with Crippen LogP contribution in [0.5, 0.6) is 0 Å². The molecule has 0 unspecified atom stereocenters. The van der Waals surface area contributed by atoms with Gasteiger partial charge in [0.1, 0.15) is 10.3 Å². The van der Waals surface area contributed by atoms with Gasteiger partial charge in [0.25, 0.3) is 0 Å². The van der Waals surface area contributed by atoms with Crippen molar-refractivity contribution < 1.29 is 10.0 Å². The van der Waals surface area contributed by atoms with E-state index in [1.807, 2.05) is 0 Å². The number of nitrogens with zero attached hydrogens (tertiary/aromatic N) is 2. The van der Waals surface area contributed by atoms with Crippen LogP contribution >= 0.6 is 35.0 Å². The summed E-state index contributed by atoms with van der Waals surface area (Å²) in [6, 6.07) is 0. The molecule has 8 heteroatoms. The second-order valence-corrected chi connectivity index (χ2v) is 3.57. The Balaban J connectivity index is 3.23. The van der Waals surface area contributed by atoms with Crippen molar-refractivity contribution in [1.82, 2.24) is 9.97 Å². The third-order valence-corrected chi connectivity index (χ3v) is 2.40. The molecule has 0 atom stereocenters. The third-order valence-electron chi connectivity index (χ3n) is 1.27. The van der Waals surface area contributed by atoms with Crippen LogP contribution in [0, 0.1) is 0 Å². The Morgan fingerprint density at radius 1 is 1.23 bits per heavy atom. The number of aromatic nitrogens is 2. The Morgan fingerprint density at radius 3 is 2.00 bits per heavy atom. The maximum Gasteiger partial charge on any atom is 0.494 e. The molecule has 4 nitrogen and oxygen atoms in total. The molecule has 0 amide bonds. The van der Waals surface area contributed by atoms with Gasteiger partial charge in [-0.25, -0.2) is 9.97 Å². The molecule has 1 rings (SSSR count). The van der Waals surface area contributed by atoms with Crippen molar-refractivity contribution >= 4 is 47.5 Å². The van der Waals surface area contributed by atoms with Crippen molar-refractivity contribution in [3.05, 3.63) is 10.3 Å². The van der Waals surface area contributed by atoms with E-state index in [1.165, 1.54) is 11.8 Å². The maximum absolute atomic E-state index is 8.85. The summed E-state index contributed by atoms with van der Waals surface area (Å²) in [5, 5.41) is 18.0. The van der Waals surface area contributed by atoms with E-state index in [2.05, 4.69) is 9.97 Å². The van der Waals surface area contributed by atoms with E-state index in [0.717, 1.165) is 0 Å². The molecular formula is C5H5BCl2N2O2S. The first-order valence-electron chi connectivity index (χ1n) is 3.19. The molecule has 0 aliphatic carbocycles. The van der Waals surface area contributed by atoms with Crippen LogP contribution < -0.4 is 5.46 Å². The van der Waals surface area contributed by atoms with E-state index >= 15 is 0 Å². The fourth-order valence-corrected chi connectivity index (χ4v) is 1.75. The summed E-state index contributed by atoms with van der Waals surface area (Å²) in [6.45, 7) is 0. The van der Waals surface area contributed by atoms with Crippen molar-refractivity contribution in [3.8, 4) is 0 Å². The number of hydrogen-bond donors (Lipinski definition) is 2. The summed E-state index contributed by atoms with van der Waals surface area (Å²) < 4.78 is 0. The van der Waals surface area contributed by atoms with Crippen molar-refractivity contribution in [1.29, 1.82) is 0 Å². The zero-order valence-electron chi connectivity index (χ0n) is 6.53.